The number of para-hydroxylation sites is 1. The summed E-state index contributed by atoms with van der Waals surface area (Å²) in [6, 6.07) is 8.23. The van der Waals surface area contributed by atoms with E-state index < -0.39 is 0 Å². The minimum atomic E-state index is 0.684. The second-order valence-electron chi connectivity index (χ2n) is 4.88. The average molecular weight is 273 g/mol. The lowest BCUT2D eigenvalue weighted by molar-refractivity contribution is 0.341. The van der Waals surface area contributed by atoms with E-state index >= 15 is 0 Å². The number of hydrogen-bond donors (Lipinski definition) is 1. The predicted molar refractivity (Wildman–Crippen MR) is 82.0 cm³/mol. The Labute approximate surface area is 118 Å². The molecule has 0 aliphatic heterocycles. The van der Waals surface area contributed by atoms with Gasteiger partial charge >= 0.3 is 0 Å². The number of nitrogens with two attached hydrogens (primary N) is 1. The Morgan fingerprint density at radius 1 is 1.21 bits per heavy atom. The minimum Gasteiger partial charge on any atom is -0.493 e. The second kappa shape index (κ2) is 5.25. The van der Waals surface area contributed by atoms with E-state index in [1.54, 1.807) is 11.3 Å². The highest BCUT2D eigenvalue weighted by molar-refractivity contribution is 7.16. The maximum absolute atomic E-state index is 6.28. The molecular formula is C16H19NOS. The number of hydrogen-bond acceptors (Lipinski definition) is 3. The normalized spacial score (nSPS) is 14.2. The zero-order valence-corrected chi connectivity index (χ0v) is 12.1. The van der Waals surface area contributed by atoms with E-state index in [2.05, 4.69) is 12.1 Å². The summed E-state index contributed by atoms with van der Waals surface area (Å²) in [6.45, 7) is 2.70. The highest BCUT2D eigenvalue weighted by Gasteiger charge is 2.22. The first-order valence-electron chi connectivity index (χ1n) is 6.93. The number of rotatable bonds is 3. The summed E-state index contributed by atoms with van der Waals surface area (Å²) in [5.41, 5.74) is 10.1. The van der Waals surface area contributed by atoms with Gasteiger partial charge < -0.3 is 10.5 Å². The highest BCUT2D eigenvalue weighted by atomic mass is 32.1. The van der Waals surface area contributed by atoms with Crippen molar-refractivity contribution in [3.8, 4) is 16.9 Å². The van der Waals surface area contributed by atoms with Gasteiger partial charge in [0.2, 0.25) is 0 Å². The van der Waals surface area contributed by atoms with Crippen molar-refractivity contribution in [3.05, 3.63) is 34.7 Å². The van der Waals surface area contributed by atoms with E-state index in [-0.39, 0.29) is 0 Å². The maximum atomic E-state index is 6.28. The summed E-state index contributed by atoms with van der Waals surface area (Å²) < 4.78 is 5.76. The number of ether oxygens (including phenoxy) is 1. The van der Waals surface area contributed by atoms with Crippen LogP contribution < -0.4 is 10.5 Å². The highest BCUT2D eigenvalue weighted by Crippen LogP contribution is 2.45. The first-order valence-corrected chi connectivity index (χ1v) is 7.75. The third-order valence-corrected chi connectivity index (χ3v) is 4.78. The van der Waals surface area contributed by atoms with Gasteiger partial charge in [-0.2, -0.15) is 0 Å². The fourth-order valence-corrected chi connectivity index (χ4v) is 4.01. The Bertz CT molecular complexity index is 588. The third kappa shape index (κ3) is 2.23. The molecule has 0 spiro atoms. The molecule has 0 unspecified atom stereocenters. The topological polar surface area (TPSA) is 35.2 Å². The van der Waals surface area contributed by atoms with Gasteiger partial charge in [0.1, 0.15) is 5.75 Å². The number of nitrogen functional groups attached to an aromatic ring is 1. The summed E-state index contributed by atoms with van der Waals surface area (Å²) >= 11 is 1.76. The fraction of sp³-hybridized carbons (Fsp3) is 0.375. The summed E-state index contributed by atoms with van der Waals surface area (Å²) in [6.07, 6.45) is 4.90. The van der Waals surface area contributed by atoms with Crippen LogP contribution in [0.25, 0.3) is 11.1 Å². The first kappa shape index (κ1) is 12.5. The molecular weight excluding hydrogens is 254 g/mol. The molecule has 19 heavy (non-hydrogen) atoms. The number of benzene rings is 1. The molecule has 0 radical (unpaired) electrons. The van der Waals surface area contributed by atoms with E-state index in [0.717, 1.165) is 22.7 Å². The molecule has 2 nitrogen and oxygen atoms in total. The standard InChI is InChI=1S/C16H19NOS/c1-2-18-13-9-5-3-7-11(13)15-12-8-4-6-10-14(12)19-16(15)17/h3,5,7,9H,2,4,6,8,10,17H2,1H3. The van der Waals surface area contributed by atoms with Gasteiger partial charge in [0.05, 0.1) is 11.6 Å². The van der Waals surface area contributed by atoms with Gasteiger partial charge in [-0.05, 0) is 44.2 Å². The van der Waals surface area contributed by atoms with E-state index in [1.165, 1.54) is 35.3 Å². The van der Waals surface area contributed by atoms with Gasteiger partial charge in [-0.3, -0.25) is 0 Å². The molecule has 0 saturated carbocycles. The Balaban J connectivity index is 2.14. The molecule has 3 heteroatoms. The second-order valence-corrected chi connectivity index (χ2v) is 6.02. The van der Waals surface area contributed by atoms with Crippen molar-refractivity contribution < 1.29 is 4.74 Å². The maximum Gasteiger partial charge on any atom is 0.127 e. The van der Waals surface area contributed by atoms with Crippen molar-refractivity contribution in [1.29, 1.82) is 0 Å². The van der Waals surface area contributed by atoms with E-state index in [4.69, 9.17) is 10.5 Å². The lowest BCUT2D eigenvalue weighted by atomic mass is 9.92. The van der Waals surface area contributed by atoms with Crippen LogP contribution in [-0.4, -0.2) is 6.61 Å². The molecule has 0 fully saturated rings. The molecule has 1 aliphatic rings. The van der Waals surface area contributed by atoms with Gasteiger partial charge in [-0.1, -0.05) is 18.2 Å². The van der Waals surface area contributed by atoms with Crippen LogP contribution in [0.4, 0.5) is 5.00 Å². The van der Waals surface area contributed by atoms with Crippen molar-refractivity contribution in [2.75, 3.05) is 12.3 Å². The lowest BCUT2D eigenvalue weighted by Crippen LogP contribution is -2.01. The van der Waals surface area contributed by atoms with Gasteiger partial charge in [0, 0.05) is 16.0 Å². The van der Waals surface area contributed by atoms with E-state index in [0.29, 0.717) is 6.61 Å². The van der Waals surface area contributed by atoms with Crippen LogP contribution in [0, 0.1) is 0 Å². The molecule has 1 heterocycles. The Hall–Kier alpha value is -1.48. The number of anilines is 1. The molecule has 0 atom stereocenters. The quantitative estimate of drug-likeness (QED) is 0.906. The van der Waals surface area contributed by atoms with Gasteiger partial charge in [-0.15, -0.1) is 11.3 Å². The van der Waals surface area contributed by atoms with Crippen LogP contribution in [-0.2, 0) is 12.8 Å². The van der Waals surface area contributed by atoms with Gasteiger partial charge in [0.25, 0.3) is 0 Å². The molecule has 3 rings (SSSR count). The molecule has 2 aromatic rings. The van der Waals surface area contributed by atoms with Crippen LogP contribution in [0.2, 0.25) is 0 Å². The molecule has 1 aromatic carbocycles. The zero-order valence-electron chi connectivity index (χ0n) is 11.2. The third-order valence-electron chi connectivity index (χ3n) is 3.65. The van der Waals surface area contributed by atoms with Gasteiger partial charge in [0.15, 0.2) is 0 Å². The van der Waals surface area contributed by atoms with Gasteiger partial charge in [-0.25, -0.2) is 0 Å². The van der Waals surface area contributed by atoms with Crippen LogP contribution in [0.5, 0.6) is 5.75 Å². The van der Waals surface area contributed by atoms with E-state index in [1.807, 2.05) is 19.1 Å². The molecule has 0 amide bonds. The van der Waals surface area contributed by atoms with Crippen LogP contribution in [0.15, 0.2) is 24.3 Å². The SMILES string of the molecule is CCOc1ccccc1-c1c(N)sc2c1CCCC2. The number of thiophene rings is 1. The summed E-state index contributed by atoms with van der Waals surface area (Å²) in [7, 11) is 0. The fourth-order valence-electron chi connectivity index (χ4n) is 2.84. The number of fused-ring (bicyclic) bond motifs is 1. The van der Waals surface area contributed by atoms with Crippen LogP contribution in [0.3, 0.4) is 0 Å². The van der Waals surface area contributed by atoms with Crippen molar-refractivity contribution in [1.82, 2.24) is 0 Å². The molecule has 100 valence electrons. The first-order chi connectivity index (χ1) is 9.31. The largest absolute Gasteiger partial charge is 0.493 e. The Morgan fingerprint density at radius 2 is 2.00 bits per heavy atom. The number of aryl methyl sites for hydroxylation is 1. The van der Waals surface area contributed by atoms with Crippen molar-refractivity contribution in [2.24, 2.45) is 0 Å². The zero-order chi connectivity index (χ0) is 13.2. The summed E-state index contributed by atoms with van der Waals surface area (Å²) in [5.74, 6) is 0.947. The van der Waals surface area contributed by atoms with Crippen LogP contribution in [0.1, 0.15) is 30.2 Å². The van der Waals surface area contributed by atoms with E-state index in [9.17, 15) is 0 Å². The summed E-state index contributed by atoms with van der Waals surface area (Å²) in [5, 5.41) is 0.944. The molecule has 0 bridgehead atoms. The van der Waals surface area contributed by atoms with Crippen molar-refractivity contribution in [3.63, 3.8) is 0 Å². The monoisotopic (exact) mass is 273 g/mol. The Kier molecular flexibility index (Phi) is 3.47. The average Bonchev–Trinajstić information content (AvgIpc) is 2.76. The van der Waals surface area contributed by atoms with Crippen molar-refractivity contribution >= 4 is 16.3 Å². The lowest BCUT2D eigenvalue weighted by Gasteiger charge is -2.15. The smallest absolute Gasteiger partial charge is 0.127 e. The predicted octanol–water partition coefficient (Wildman–Crippen LogP) is 4.27. The Morgan fingerprint density at radius 3 is 2.84 bits per heavy atom. The molecule has 1 aromatic heterocycles. The van der Waals surface area contributed by atoms with Crippen molar-refractivity contribution in [2.45, 2.75) is 32.6 Å². The van der Waals surface area contributed by atoms with Crippen LogP contribution >= 0.6 is 11.3 Å². The minimum absolute atomic E-state index is 0.684. The molecule has 0 saturated heterocycles. The summed E-state index contributed by atoms with van der Waals surface area (Å²) in [4.78, 5) is 1.48. The molecule has 2 N–H and O–H groups in total. The molecule has 1 aliphatic carbocycles.